The highest BCUT2D eigenvalue weighted by Gasteiger charge is 2.22. The van der Waals surface area contributed by atoms with E-state index in [1.165, 1.54) is 0 Å². The van der Waals surface area contributed by atoms with E-state index in [-0.39, 0.29) is 12.0 Å². The molecule has 1 aromatic carbocycles. The van der Waals surface area contributed by atoms with Crippen molar-refractivity contribution < 1.29 is 14.6 Å². The highest BCUT2D eigenvalue weighted by Crippen LogP contribution is 2.38. The van der Waals surface area contributed by atoms with Crippen molar-refractivity contribution in [2.75, 3.05) is 20.8 Å². The van der Waals surface area contributed by atoms with Gasteiger partial charge in [0.05, 0.1) is 26.9 Å². The maximum Gasteiger partial charge on any atom is 0.165 e. The minimum absolute atomic E-state index is 0.0243. The second kappa shape index (κ2) is 5.59. The van der Waals surface area contributed by atoms with Crippen LogP contribution in [0.2, 0.25) is 0 Å². The molecular weight excluding hydrogens is 230 g/mol. The number of ether oxygens (including phenoxy) is 2. The van der Waals surface area contributed by atoms with Gasteiger partial charge in [0.15, 0.2) is 11.5 Å². The van der Waals surface area contributed by atoms with Gasteiger partial charge in [-0.1, -0.05) is 20.8 Å². The first-order valence-electron chi connectivity index (χ1n) is 5.98. The first-order chi connectivity index (χ1) is 8.35. The smallest absolute Gasteiger partial charge is 0.165 e. The molecule has 0 fully saturated rings. The standard InChI is InChI=1S/C14H23NO3/c1-14(2,3)9-6-10(11(15)8-16)13(18-5)12(7-9)17-4/h6-7,11,16H,8,15H2,1-5H3. The third-order valence-electron chi connectivity index (χ3n) is 2.97. The van der Waals surface area contributed by atoms with Crippen LogP contribution in [0.4, 0.5) is 0 Å². The zero-order valence-electron chi connectivity index (χ0n) is 11.8. The summed E-state index contributed by atoms with van der Waals surface area (Å²) in [7, 11) is 3.17. The molecule has 0 aromatic heterocycles. The molecule has 0 spiro atoms. The summed E-state index contributed by atoms with van der Waals surface area (Å²) >= 11 is 0. The van der Waals surface area contributed by atoms with E-state index in [9.17, 15) is 5.11 Å². The van der Waals surface area contributed by atoms with Gasteiger partial charge in [0.25, 0.3) is 0 Å². The Labute approximate surface area is 109 Å². The lowest BCUT2D eigenvalue weighted by molar-refractivity contribution is 0.263. The van der Waals surface area contributed by atoms with Crippen molar-refractivity contribution in [1.82, 2.24) is 0 Å². The minimum atomic E-state index is -0.476. The molecule has 0 radical (unpaired) electrons. The zero-order chi connectivity index (χ0) is 13.9. The Morgan fingerprint density at radius 2 is 1.83 bits per heavy atom. The molecule has 0 amide bonds. The molecule has 0 saturated carbocycles. The first-order valence-corrected chi connectivity index (χ1v) is 5.98. The predicted octanol–water partition coefficient (Wildman–Crippen LogP) is 1.99. The number of nitrogens with two attached hydrogens (primary N) is 1. The van der Waals surface area contributed by atoms with Crippen LogP contribution in [0, 0.1) is 0 Å². The molecule has 102 valence electrons. The zero-order valence-corrected chi connectivity index (χ0v) is 11.8. The van der Waals surface area contributed by atoms with Crippen LogP contribution in [0.5, 0.6) is 11.5 Å². The fraction of sp³-hybridized carbons (Fsp3) is 0.571. The van der Waals surface area contributed by atoms with Crippen LogP contribution in [0.25, 0.3) is 0 Å². The second-order valence-corrected chi connectivity index (χ2v) is 5.34. The number of rotatable bonds is 4. The van der Waals surface area contributed by atoms with Crippen LogP contribution in [-0.2, 0) is 5.41 Å². The average Bonchev–Trinajstić information content (AvgIpc) is 2.34. The van der Waals surface area contributed by atoms with Gasteiger partial charge in [0.1, 0.15) is 0 Å². The molecule has 4 heteroatoms. The quantitative estimate of drug-likeness (QED) is 0.861. The van der Waals surface area contributed by atoms with E-state index < -0.39 is 6.04 Å². The summed E-state index contributed by atoms with van der Waals surface area (Å²) in [6, 6.07) is 3.45. The number of benzene rings is 1. The Balaban J connectivity index is 3.45. The topological polar surface area (TPSA) is 64.7 Å². The molecule has 0 bridgehead atoms. The van der Waals surface area contributed by atoms with Gasteiger partial charge in [0.2, 0.25) is 0 Å². The SMILES string of the molecule is COc1cc(C(C)(C)C)cc(C(N)CO)c1OC. The molecule has 4 nitrogen and oxygen atoms in total. The number of aliphatic hydroxyl groups excluding tert-OH is 1. The van der Waals surface area contributed by atoms with Crippen LogP contribution in [0.3, 0.4) is 0 Å². The van der Waals surface area contributed by atoms with E-state index >= 15 is 0 Å². The first kappa shape index (κ1) is 14.8. The van der Waals surface area contributed by atoms with Gasteiger partial charge < -0.3 is 20.3 Å². The Morgan fingerprint density at radius 1 is 1.22 bits per heavy atom. The van der Waals surface area contributed by atoms with Gasteiger partial charge in [0, 0.05) is 5.56 Å². The van der Waals surface area contributed by atoms with Crippen molar-refractivity contribution in [3.63, 3.8) is 0 Å². The average molecular weight is 253 g/mol. The Morgan fingerprint density at radius 3 is 2.22 bits per heavy atom. The monoisotopic (exact) mass is 253 g/mol. The molecule has 18 heavy (non-hydrogen) atoms. The number of aliphatic hydroxyl groups is 1. The van der Waals surface area contributed by atoms with Crippen LogP contribution in [-0.4, -0.2) is 25.9 Å². The van der Waals surface area contributed by atoms with Gasteiger partial charge in [-0.05, 0) is 23.1 Å². The van der Waals surface area contributed by atoms with Crippen LogP contribution < -0.4 is 15.2 Å². The summed E-state index contributed by atoms with van der Waals surface area (Å²) in [5.41, 5.74) is 7.76. The molecule has 0 saturated heterocycles. The van der Waals surface area contributed by atoms with Crippen molar-refractivity contribution in [1.29, 1.82) is 0 Å². The lowest BCUT2D eigenvalue weighted by atomic mass is 9.85. The number of methoxy groups -OCH3 is 2. The summed E-state index contributed by atoms with van der Waals surface area (Å²) in [6.45, 7) is 6.21. The van der Waals surface area contributed by atoms with Crippen LogP contribution >= 0.6 is 0 Å². The summed E-state index contributed by atoms with van der Waals surface area (Å²) in [5, 5.41) is 9.24. The third-order valence-corrected chi connectivity index (χ3v) is 2.97. The van der Waals surface area contributed by atoms with Crippen molar-refractivity contribution >= 4 is 0 Å². The molecule has 1 unspecified atom stereocenters. The highest BCUT2D eigenvalue weighted by molar-refractivity contribution is 5.52. The van der Waals surface area contributed by atoms with E-state index in [1.54, 1.807) is 14.2 Å². The Hall–Kier alpha value is -1.26. The molecule has 3 N–H and O–H groups in total. The maximum atomic E-state index is 9.24. The van der Waals surface area contributed by atoms with E-state index in [4.69, 9.17) is 15.2 Å². The van der Waals surface area contributed by atoms with Crippen LogP contribution in [0.1, 0.15) is 37.9 Å². The fourth-order valence-electron chi connectivity index (χ4n) is 1.80. The van der Waals surface area contributed by atoms with Crippen LogP contribution in [0.15, 0.2) is 12.1 Å². The summed E-state index contributed by atoms with van der Waals surface area (Å²) < 4.78 is 10.7. The molecule has 0 aliphatic carbocycles. The van der Waals surface area contributed by atoms with E-state index in [2.05, 4.69) is 20.8 Å². The van der Waals surface area contributed by atoms with Gasteiger partial charge in [-0.25, -0.2) is 0 Å². The lowest BCUT2D eigenvalue weighted by Crippen LogP contribution is -2.18. The molecule has 1 aromatic rings. The van der Waals surface area contributed by atoms with Crippen molar-refractivity contribution in [3.05, 3.63) is 23.3 Å². The van der Waals surface area contributed by atoms with Crippen molar-refractivity contribution in [2.24, 2.45) is 5.73 Å². The van der Waals surface area contributed by atoms with Crippen molar-refractivity contribution in [2.45, 2.75) is 32.2 Å². The summed E-state index contributed by atoms with van der Waals surface area (Å²) in [6.07, 6.45) is 0. The summed E-state index contributed by atoms with van der Waals surface area (Å²) in [4.78, 5) is 0. The number of hydrogen-bond donors (Lipinski definition) is 2. The van der Waals surface area contributed by atoms with Gasteiger partial charge in [-0.3, -0.25) is 0 Å². The van der Waals surface area contributed by atoms with Gasteiger partial charge in [-0.15, -0.1) is 0 Å². The largest absolute Gasteiger partial charge is 0.493 e. The fourth-order valence-corrected chi connectivity index (χ4v) is 1.80. The molecular formula is C14H23NO3. The molecule has 0 aliphatic heterocycles. The Bertz CT molecular complexity index is 410. The maximum absolute atomic E-state index is 9.24. The van der Waals surface area contributed by atoms with Gasteiger partial charge >= 0.3 is 0 Å². The molecule has 0 aliphatic rings. The van der Waals surface area contributed by atoms with Gasteiger partial charge in [-0.2, -0.15) is 0 Å². The second-order valence-electron chi connectivity index (χ2n) is 5.34. The van der Waals surface area contributed by atoms with E-state index in [0.29, 0.717) is 11.5 Å². The summed E-state index contributed by atoms with van der Waals surface area (Å²) in [5.74, 6) is 1.23. The molecule has 1 rings (SSSR count). The molecule has 1 atom stereocenters. The Kier molecular flexibility index (Phi) is 4.59. The predicted molar refractivity (Wildman–Crippen MR) is 72.3 cm³/mol. The minimum Gasteiger partial charge on any atom is -0.493 e. The normalized spacial score (nSPS) is 13.3. The van der Waals surface area contributed by atoms with Crippen molar-refractivity contribution in [3.8, 4) is 11.5 Å². The highest BCUT2D eigenvalue weighted by atomic mass is 16.5. The lowest BCUT2D eigenvalue weighted by Gasteiger charge is -2.24. The molecule has 0 heterocycles. The third kappa shape index (κ3) is 2.94. The van der Waals surface area contributed by atoms with E-state index in [0.717, 1.165) is 11.1 Å². The van der Waals surface area contributed by atoms with E-state index in [1.807, 2.05) is 12.1 Å². The number of hydrogen-bond acceptors (Lipinski definition) is 4.